The fraction of sp³-hybridized carbons (Fsp3) is 0.462. The highest BCUT2D eigenvalue weighted by atomic mass is 32.2. The maximum absolute atomic E-state index is 12.6. The van der Waals surface area contributed by atoms with E-state index in [-0.39, 0.29) is 12.3 Å². The first kappa shape index (κ1) is 18.4. The number of carbonyl (C=O) groups excluding carboxylic acids is 1. The summed E-state index contributed by atoms with van der Waals surface area (Å²) in [6.07, 6.45) is -4.51. The van der Waals surface area contributed by atoms with Crippen LogP contribution in [0.25, 0.3) is 0 Å². The highest BCUT2D eigenvalue weighted by Gasteiger charge is 2.32. The Kier molecular flexibility index (Phi) is 5.58. The summed E-state index contributed by atoms with van der Waals surface area (Å²) in [5, 5.41) is 0. The summed E-state index contributed by atoms with van der Waals surface area (Å²) in [6.45, 7) is 3.52. The predicted octanol–water partition coefficient (Wildman–Crippen LogP) is 1.88. The van der Waals surface area contributed by atoms with Gasteiger partial charge >= 0.3 is 6.18 Å². The Bertz CT molecular complexity index is 642. The fourth-order valence-corrected chi connectivity index (χ4v) is 3.05. The SMILES string of the molecule is CC(C)C[C@@H](NS(=O)(=O)c1cccc(C(F)(F)F)c1)C(N)=O. The molecule has 0 aliphatic rings. The lowest BCUT2D eigenvalue weighted by Crippen LogP contribution is -2.45. The van der Waals surface area contributed by atoms with Gasteiger partial charge < -0.3 is 5.73 Å². The van der Waals surface area contributed by atoms with E-state index in [4.69, 9.17) is 5.73 Å². The molecule has 1 aromatic carbocycles. The molecule has 5 nitrogen and oxygen atoms in total. The minimum Gasteiger partial charge on any atom is -0.368 e. The van der Waals surface area contributed by atoms with Gasteiger partial charge in [-0.25, -0.2) is 8.42 Å². The van der Waals surface area contributed by atoms with Crippen molar-refractivity contribution in [2.75, 3.05) is 0 Å². The van der Waals surface area contributed by atoms with Crippen molar-refractivity contribution in [2.45, 2.75) is 37.4 Å². The quantitative estimate of drug-likeness (QED) is 0.830. The molecule has 22 heavy (non-hydrogen) atoms. The zero-order valence-corrected chi connectivity index (χ0v) is 12.8. The Labute approximate surface area is 126 Å². The van der Waals surface area contributed by atoms with Crippen LogP contribution in [0.5, 0.6) is 0 Å². The largest absolute Gasteiger partial charge is 0.416 e. The monoisotopic (exact) mass is 338 g/mol. The molecule has 0 spiro atoms. The Morgan fingerprint density at radius 2 is 1.91 bits per heavy atom. The Balaban J connectivity index is 3.11. The number of rotatable bonds is 6. The molecular weight excluding hydrogens is 321 g/mol. The molecule has 0 aliphatic carbocycles. The van der Waals surface area contributed by atoms with Gasteiger partial charge in [0, 0.05) is 0 Å². The third kappa shape index (κ3) is 4.99. The number of nitrogens with two attached hydrogens (primary N) is 1. The van der Waals surface area contributed by atoms with E-state index in [1.807, 2.05) is 4.72 Å². The maximum Gasteiger partial charge on any atom is 0.416 e. The number of amides is 1. The van der Waals surface area contributed by atoms with Crippen molar-refractivity contribution >= 4 is 15.9 Å². The van der Waals surface area contributed by atoms with Crippen LogP contribution < -0.4 is 10.5 Å². The first-order valence-electron chi connectivity index (χ1n) is 6.42. The lowest BCUT2D eigenvalue weighted by Gasteiger charge is -2.18. The maximum atomic E-state index is 12.6. The van der Waals surface area contributed by atoms with Crippen LogP contribution in [-0.2, 0) is 21.0 Å². The van der Waals surface area contributed by atoms with Gasteiger partial charge in [0.25, 0.3) is 0 Å². The van der Waals surface area contributed by atoms with Crippen LogP contribution in [0.15, 0.2) is 29.2 Å². The first-order chi connectivity index (χ1) is 9.93. The van der Waals surface area contributed by atoms with Crippen molar-refractivity contribution in [3.8, 4) is 0 Å². The molecule has 0 saturated heterocycles. The average Bonchev–Trinajstić information content (AvgIpc) is 2.36. The molecule has 0 bridgehead atoms. The van der Waals surface area contributed by atoms with Crippen LogP contribution in [0.4, 0.5) is 13.2 Å². The van der Waals surface area contributed by atoms with E-state index < -0.39 is 38.6 Å². The second kappa shape index (κ2) is 6.66. The highest BCUT2D eigenvalue weighted by Crippen LogP contribution is 2.30. The minimum atomic E-state index is -4.66. The predicted molar refractivity (Wildman–Crippen MR) is 74.2 cm³/mol. The van der Waals surface area contributed by atoms with Crippen LogP contribution in [0.2, 0.25) is 0 Å². The zero-order valence-electron chi connectivity index (χ0n) is 12.0. The summed E-state index contributed by atoms with van der Waals surface area (Å²) in [7, 11) is -4.28. The second-order valence-corrected chi connectivity index (χ2v) is 6.95. The molecule has 9 heteroatoms. The third-order valence-corrected chi connectivity index (χ3v) is 4.29. The molecule has 1 atom stereocenters. The molecule has 0 saturated carbocycles. The summed E-state index contributed by atoms with van der Waals surface area (Å²) in [5.74, 6) is -0.911. The molecule has 0 radical (unpaired) electrons. The molecule has 124 valence electrons. The van der Waals surface area contributed by atoms with Crippen molar-refractivity contribution in [1.29, 1.82) is 0 Å². The van der Waals surface area contributed by atoms with E-state index in [0.29, 0.717) is 6.07 Å². The van der Waals surface area contributed by atoms with Crippen molar-refractivity contribution in [1.82, 2.24) is 4.72 Å². The third-order valence-electron chi connectivity index (χ3n) is 2.82. The molecule has 0 aliphatic heterocycles. The molecule has 1 aromatic rings. The highest BCUT2D eigenvalue weighted by molar-refractivity contribution is 7.89. The van der Waals surface area contributed by atoms with Gasteiger partial charge in [0.05, 0.1) is 10.5 Å². The van der Waals surface area contributed by atoms with Crippen LogP contribution in [0.1, 0.15) is 25.8 Å². The van der Waals surface area contributed by atoms with E-state index in [9.17, 15) is 26.4 Å². The number of hydrogen-bond acceptors (Lipinski definition) is 3. The smallest absolute Gasteiger partial charge is 0.368 e. The summed E-state index contributed by atoms with van der Waals surface area (Å²) in [5.41, 5.74) is 4.04. The number of hydrogen-bond donors (Lipinski definition) is 2. The van der Waals surface area contributed by atoms with Crippen molar-refractivity contribution in [2.24, 2.45) is 11.7 Å². The van der Waals surface area contributed by atoms with Crippen LogP contribution >= 0.6 is 0 Å². The molecule has 0 unspecified atom stereocenters. The number of sulfonamides is 1. The molecule has 0 fully saturated rings. The van der Waals surface area contributed by atoms with Crippen molar-refractivity contribution in [3.05, 3.63) is 29.8 Å². The standard InChI is InChI=1S/C13H17F3N2O3S/c1-8(2)6-11(12(17)19)18-22(20,21)10-5-3-4-9(7-10)13(14,15)16/h3-5,7-8,11,18H,6H2,1-2H3,(H2,17,19)/t11-/m1/s1. The van der Waals surface area contributed by atoms with E-state index in [1.54, 1.807) is 13.8 Å². The van der Waals surface area contributed by atoms with Crippen molar-refractivity contribution < 1.29 is 26.4 Å². The number of nitrogens with one attached hydrogen (secondary N) is 1. The minimum absolute atomic E-state index is 0.0262. The number of halogens is 3. The van der Waals surface area contributed by atoms with E-state index in [0.717, 1.165) is 18.2 Å². The summed E-state index contributed by atoms with van der Waals surface area (Å²) in [6, 6.07) is 2.10. The van der Waals surface area contributed by atoms with E-state index >= 15 is 0 Å². The van der Waals surface area contributed by atoms with E-state index in [2.05, 4.69) is 0 Å². The number of alkyl halides is 3. The van der Waals surface area contributed by atoms with Gasteiger partial charge in [-0.2, -0.15) is 17.9 Å². The van der Waals surface area contributed by atoms with Gasteiger partial charge in [0.2, 0.25) is 15.9 Å². The Hall–Kier alpha value is -1.61. The fourth-order valence-electron chi connectivity index (χ4n) is 1.79. The van der Waals surface area contributed by atoms with Gasteiger partial charge in [-0.1, -0.05) is 19.9 Å². The van der Waals surface area contributed by atoms with Gasteiger partial charge in [0.1, 0.15) is 6.04 Å². The molecule has 3 N–H and O–H groups in total. The molecule has 0 heterocycles. The second-order valence-electron chi connectivity index (χ2n) is 5.23. The van der Waals surface area contributed by atoms with Gasteiger partial charge in [0.15, 0.2) is 0 Å². The zero-order chi connectivity index (χ0) is 17.1. The summed E-state index contributed by atoms with van der Waals surface area (Å²) < 4.78 is 64.2. The van der Waals surface area contributed by atoms with Crippen LogP contribution in [0.3, 0.4) is 0 Å². The first-order valence-corrected chi connectivity index (χ1v) is 7.90. The normalized spacial score (nSPS) is 14.1. The van der Waals surface area contributed by atoms with E-state index in [1.165, 1.54) is 0 Å². The number of primary amides is 1. The lowest BCUT2D eigenvalue weighted by molar-refractivity contribution is -0.137. The summed E-state index contributed by atoms with van der Waals surface area (Å²) >= 11 is 0. The number of benzene rings is 1. The topological polar surface area (TPSA) is 89.3 Å². The van der Waals surface area contributed by atoms with Gasteiger partial charge in [-0.15, -0.1) is 0 Å². The molecule has 1 amide bonds. The lowest BCUT2D eigenvalue weighted by atomic mass is 10.0. The van der Waals surface area contributed by atoms with Gasteiger partial charge in [-0.3, -0.25) is 4.79 Å². The summed E-state index contributed by atoms with van der Waals surface area (Å²) in [4.78, 5) is 10.7. The van der Waals surface area contributed by atoms with Crippen LogP contribution in [0, 0.1) is 5.92 Å². The Morgan fingerprint density at radius 1 is 1.32 bits per heavy atom. The van der Waals surface area contributed by atoms with Crippen molar-refractivity contribution in [3.63, 3.8) is 0 Å². The number of carbonyl (C=O) groups is 1. The van der Waals surface area contributed by atoms with Gasteiger partial charge in [-0.05, 0) is 30.5 Å². The molecule has 1 rings (SSSR count). The Morgan fingerprint density at radius 3 is 2.36 bits per heavy atom. The molecular formula is C13H17F3N2O3S. The molecule has 0 aromatic heterocycles. The van der Waals surface area contributed by atoms with Crippen LogP contribution in [-0.4, -0.2) is 20.4 Å². The average molecular weight is 338 g/mol.